The second kappa shape index (κ2) is 10.9. The molecule has 0 radical (unpaired) electrons. The van der Waals surface area contributed by atoms with Crippen LogP contribution in [0.3, 0.4) is 0 Å². The molecule has 1 saturated heterocycles. The Morgan fingerprint density at radius 2 is 1.84 bits per heavy atom. The number of ketones is 1. The number of aliphatic hydroxyl groups excluding tert-OH is 1. The molecule has 0 bridgehead atoms. The van der Waals surface area contributed by atoms with E-state index in [2.05, 4.69) is 23.7 Å². The first-order valence-corrected chi connectivity index (χ1v) is 11.2. The van der Waals surface area contributed by atoms with Crippen molar-refractivity contribution in [3.05, 3.63) is 65.5 Å². The predicted molar refractivity (Wildman–Crippen MR) is 123 cm³/mol. The minimum Gasteiger partial charge on any atom is -0.507 e. The van der Waals surface area contributed by atoms with E-state index in [1.807, 2.05) is 6.92 Å². The fourth-order valence-corrected chi connectivity index (χ4v) is 4.06. The summed E-state index contributed by atoms with van der Waals surface area (Å²) in [5, 5.41) is 11.1. The van der Waals surface area contributed by atoms with E-state index in [4.69, 9.17) is 4.74 Å². The molecular weight excluding hydrogens is 406 g/mol. The van der Waals surface area contributed by atoms with E-state index < -0.39 is 17.7 Å². The fraction of sp³-hybridized carbons (Fsp3) is 0.400. The monoisotopic (exact) mass is 437 g/mol. The number of aromatic nitrogens is 1. The zero-order valence-corrected chi connectivity index (χ0v) is 19.0. The van der Waals surface area contributed by atoms with Crippen LogP contribution in [0.2, 0.25) is 0 Å². The van der Waals surface area contributed by atoms with Crippen molar-refractivity contribution in [1.82, 2.24) is 14.8 Å². The highest BCUT2D eigenvalue weighted by molar-refractivity contribution is 6.46. The van der Waals surface area contributed by atoms with Crippen molar-refractivity contribution in [2.75, 3.05) is 32.8 Å². The van der Waals surface area contributed by atoms with Gasteiger partial charge in [-0.25, -0.2) is 0 Å². The van der Waals surface area contributed by atoms with Gasteiger partial charge in [0.15, 0.2) is 0 Å². The highest BCUT2D eigenvalue weighted by Crippen LogP contribution is 2.39. The number of nitrogens with zero attached hydrogens (tertiary/aromatic N) is 3. The molecule has 1 aromatic heterocycles. The lowest BCUT2D eigenvalue weighted by atomic mass is 9.96. The minimum absolute atomic E-state index is 0.0951. The number of aliphatic hydroxyl groups is 1. The van der Waals surface area contributed by atoms with Crippen molar-refractivity contribution in [2.45, 2.75) is 33.2 Å². The van der Waals surface area contributed by atoms with Gasteiger partial charge in [-0.15, -0.1) is 0 Å². The van der Waals surface area contributed by atoms with Gasteiger partial charge in [0.2, 0.25) is 0 Å². The number of hydrogen-bond acceptors (Lipinski definition) is 6. The second-order valence-corrected chi connectivity index (χ2v) is 7.61. The third-order valence-corrected chi connectivity index (χ3v) is 5.75. The lowest BCUT2D eigenvalue weighted by Gasteiger charge is -2.26. The van der Waals surface area contributed by atoms with Crippen molar-refractivity contribution < 1.29 is 19.4 Å². The van der Waals surface area contributed by atoms with Crippen LogP contribution in [0, 0.1) is 0 Å². The smallest absolute Gasteiger partial charge is 0.295 e. The number of benzene rings is 1. The first-order valence-electron chi connectivity index (χ1n) is 11.2. The maximum Gasteiger partial charge on any atom is 0.295 e. The van der Waals surface area contributed by atoms with Crippen LogP contribution in [-0.2, 0) is 9.59 Å². The van der Waals surface area contributed by atoms with Crippen molar-refractivity contribution in [3.63, 3.8) is 0 Å². The number of amides is 1. The maximum absolute atomic E-state index is 13.1. The minimum atomic E-state index is -0.672. The summed E-state index contributed by atoms with van der Waals surface area (Å²) in [6.07, 6.45) is 3.98. The SMILES string of the molecule is CCOc1cccc(/C(O)=C2\C(=O)C(=O)N(CCCN(CC)CC)C2c2ccncc2)c1. The summed E-state index contributed by atoms with van der Waals surface area (Å²) in [7, 11) is 0. The summed E-state index contributed by atoms with van der Waals surface area (Å²) >= 11 is 0. The van der Waals surface area contributed by atoms with Crippen LogP contribution in [0.25, 0.3) is 5.76 Å². The van der Waals surface area contributed by atoms with E-state index in [1.165, 1.54) is 0 Å². The van der Waals surface area contributed by atoms with Gasteiger partial charge in [0.05, 0.1) is 18.2 Å². The molecule has 0 saturated carbocycles. The Morgan fingerprint density at radius 1 is 1.12 bits per heavy atom. The first kappa shape index (κ1) is 23.5. The standard InChI is InChI=1S/C25H31N3O4/c1-4-27(5-2)15-8-16-28-22(18-11-13-26-14-12-18)21(24(30)25(28)31)23(29)19-9-7-10-20(17-19)32-6-3/h7,9-14,17,22,29H,4-6,8,15-16H2,1-3H3/b23-21+. The van der Waals surface area contributed by atoms with Crippen LogP contribution in [-0.4, -0.2) is 64.4 Å². The van der Waals surface area contributed by atoms with Gasteiger partial charge in [-0.2, -0.15) is 0 Å². The van der Waals surface area contributed by atoms with Gasteiger partial charge in [-0.05, 0) is 62.8 Å². The molecule has 1 aliphatic rings. The summed E-state index contributed by atoms with van der Waals surface area (Å²) in [6.45, 7) is 9.67. The topological polar surface area (TPSA) is 83.0 Å². The molecule has 7 heteroatoms. The van der Waals surface area contributed by atoms with Gasteiger partial charge < -0.3 is 19.6 Å². The van der Waals surface area contributed by atoms with Gasteiger partial charge in [0.1, 0.15) is 11.5 Å². The zero-order chi connectivity index (χ0) is 23.1. The predicted octanol–water partition coefficient (Wildman–Crippen LogP) is 3.63. The molecule has 1 N–H and O–H groups in total. The van der Waals surface area contributed by atoms with E-state index in [0.29, 0.717) is 24.5 Å². The lowest BCUT2D eigenvalue weighted by molar-refractivity contribution is -0.140. The zero-order valence-electron chi connectivity index (χ0n) is 19.0. The van der Waals surface area contributed by atoms with Gasteiger partial charge in [-0.1, -0.05) is 26.0 Å². The Hall–Kier alpha value is -3.19. The Morgan fingerprint density at radius 3 is 2.50 bits per heavy atom. The normalized spacial score (nSPS) is 17.9. The molecule has 1 unspecified atom stereocenters. The molecule has 1 aromatic carbocycles. The molecule has 170 valence electrons. The van der Waals surface area contributed by atoms with Gasteiger partial charge >= 0.3 is 0 Å². The average molecular weight is 438 g/mol. The molecule has 1 aliphatic heterocycles. The Kier molecular flexibility index (Phi) is 8.00. The van der Waals surface area contributed by atoms with Gasteiger partial charge in [0.25, 0.3) is 11.7 Å². The molecule has 0 spiro atoms. The number of hydrogen-bond donors (Lipinski definition) is 1. The number of carbonyl (C=O) groups excluding carboxylic acids is 2. The summed E-state index contributed by atoms with van der Waals surface area (Å²) in [5.41, 5.74) is 1.28. The van der Waals surface area contributed by atoms with Crippen LogP contribution in [0.5, 0.6) is 5.75 Å². The van der Waals surface area contributed by atoms with E-state index in [0.717, 1.165) is 31.6 Å². The van der Waals surface area contributed by atoms with Crippen molar-refractivity contribution >= 4 is 17.4 Å². The van der Waals surface area contributed by atoms with E-state index >= 15 is 0 Å². The first-order chi connectivity index (χ1) is 15.5. The molecule has 1 amide bonds. The Balaban J connectivity index is 2.00. The van der Waals surface area contributed by atoms with Gasteiger partial charge in [-0.3, -0.25) is 14.6 Å². The number of likely N-dealkylation sites (tertiary alicyclic amines) is 1. The van der Waals surface area contributed by atoms with Crippen LogP contribution < -0.4 is 4.74 Å². The molecule has 2 aromatic rings. The fourth-order valence-electron chi connectivity index (χ4n) is 4.06. The molecule has 7 nitrogen and oxygen atoms in total. The third kappa shape index (κ3) is 4.99. The highest BCUT2D eigenvalue weighted by Gasteiger charge is 2.45. The van der Waals surface area contributed by atoms with Crippen LogP contribution in [0.15, 0.2) is 54.4 Å². The van der Waals surface area contributed by atoms with Crippen molar-refractivity contribution in [3.8, 4) is 5.75 Å². The quantitative estimate of drug-likeness (QED) is 0.347. The largest absolute Gasteiger partial charge is 0.507 e. The Bertz CT molecular complexity index is 970. The summed E-state index contributed by atoms with van der Waals surface area (Å²) in [5.74, 6) is -0.869. The van der Waals surface area contributed by atoms with Crippen molar-refractivity contribution in [2.24, 2.45) is 0 Å². The molecule has 32 heavy (non-hydrogen) atoms. The average Bonchev–Trinajstić information content (AvgIpc) is 3.07. The maximum atomic E-state index is 13.1. The summed E-state index contributed by atoms with van der Waals surface area (Å²) in [4.78, 5) is 34.0. The lowest BCUT2D eigenvalue weighted by Crippen LogP contribution is -2.33. The molecule has 0 aliphatic carbocycles. The molecule has 2 heterocycles. The van der Waals surface area contributed by atoms with Crippen LogP contribution in [0.4, 0.5) is 0 Å². The van der Waals surface area contributed by atoms with Crippen molar-refractivity contribution in [1.29, 1.82) is 0 Å². The highest BCUT2D eigenvalue weighted by atomic mass is 16.5. The molecule has 1 atom stereocenters. The number of Topliss-reactive ketones (excluding diaryl/α,β-unsaturated/α-hetero) is 1. The molecule has 1 fully saturated rings. The Labute approximate surface area is 189 Å². The number of ether oxygens (including phenoxy) is 1. The van der Waals surface area contributed by atoms with E-state index in [1.54, 1.807) is 53.7 Å². The number of rotatable bonds is 10. The summed E-state index contributed by atoms with van der Waals surface area (Å²) < 4.78 is 5.53. The summed E-state index contributed by atoms with van der Waals surface area (Å²) in [6, 6.07) is 9.81. The van der Waals surface area contributed by atoms with E-state index in [-0.39, 0.29) is 11.3 Å². The molecule has 3 rings (SSSR count). The molecular formula is C25H31N3O4. The van der Waals surface area contributed by atoms with Crippen LogP contribution >= 0.6 is 0 Å². The number of pyridine rings is 1. The van der Waals surface area contributed by atoms with Gasteiger partial charge in [0, 0.05) is 24.5 Å². The van der Waals surface area contributed by atoms with E-state index in [9.17, 15) is 14.7 Å². The third-order valence-electron chi connectivity index (χ3n) is 5.75. The van der Waals surface area contributed by atoms with Crippen LogP contribution in [0.1, 0.15) is 44.4 Å². The number of carbonyl (C=O) groups is 2. The second-order valence-electron chi connectivity index (χ2n) is 7.61.